The maximum absolute atomic E-state index is 11.8. The van der Waals surface area contributed by atoms with Crippen LogP contribution in [0.15, 0.2) is 0 Å². The molecule has 1 saturated carbocycles. The van der Waals surface area contributed by atoms with Gasteiger partial charge in [-0.2, -0.15) is 0 Å². The summed E-state index contributed by atoms with van der Waals surface area (Å²) in [5, 5.41) is 0. The van der Waals surface area contributed by atoms with E-state index in [1.165, 1.54) is 6.42 Å². The molecule has 3 unspecified atom stereocenters. The fourth-order valence-electron chi connectivity index (χ4n) is 2.78. The molecular weight excluding hydrogens is 186 g/mol. The van der Waals surface area contributed by atoms with Crippen LogP contribution in [0.25, 0.3) is 0 Å². The van der Waals surface area contributed by atoms with Gasteiger partial charge in [-0.25, -0.2) is 0 Å². The Kier molecular flexibility index (Phi) is 3.15. The average molecular weight is 209 g/mol. The van der Waals surface area contributed by atoms with Gasteiger partial charge in [0.25, 0.3) is 0 Å². The number of ketones is 1. The minimum absolute atomic E-state index is 0.421. The first-order valence-electron chi connectivity index (χ1n) is 6.34. The number of nitrogens with zero attached hydrogens (tertiary/aromatic N) is 1. The minimum Gasteiger partial charge on any atom is -0.298 e. The maximum atomic E-state index is 11.8. The summed E-state index contributed by atoms with van der Waals surface area (Å²) < 4.78 is 0. The lowest BCUT2D eigenvalue weighted by atomic mass is 9.86. The van der Waals surface area contributed by atoms with Gasteiger partial charge in [0.15, 0.2) is 0 Å². The van der Waals surface area contributed by atoms with Gasteiger partial charge in [0.2, 0.25) is 0 Å². The van der Waals surface area contributed by atoms with Crippen LogP contribution in [0.2, 0.25) is 0 Å². The van der Waals surface area contributed by atoms with Gasteiger partial charge in [-0.15, -0.1) is 0 Å². The fraction of sp³-hybridized carbons (Fsp3) is 0.923. The molecule has 0 bridgehead atoms. The van der Waals surface area contributed by atoms with Crippen LogP contribution in [0.5, 0.6) is 0 Å². The second kappa shape index (κ2) is 4.25. The van der Waals surface area contributed by atoms with E-state index >= 15 is 0 Å². The van der Waals surface area contributed by atoms with Crippen LogP contribution in [-0.2, 0) is 4.79 Å². The van der Waals surface area contributed by atoms with Crippen LogP contribution < -0.4 is 0 Å². The molecule has 0 amide bonds. The molecule has 2 heteroatoms. The van der Waals surface area contributed by atoms with Gasteiger partial charge in [-0.3, -0.25) is 9.69 Å². The van der Waals surface area contributed by atoms with Gasteiger partial charge in [-0.1, -0.05) is 13.8 Å². The molecule has 0 radical (unpaired) electrons. The van der Waals surface area contributed by atoms with Crippen LogP contribution in [0.1, 0.15) is 40.0 Å². The summed E-state index contributed by atoms with van der Waals surface area (Å²) in [6, 6.07) is 0.587. The van der Waals surface area contributed by atoms with E-state index in [1.54, 1.807) is 0 Å². The number of piperidine rings is 1. The molecule has 1 heterocycles. The second-order valence-corrected chi connectivity index (χ2v) is 5.73. The van der Waals surface area contributed by atoms with Crippen molar-refractivity contribution >= 4 is 5.78 Å². The first kappa shape index (κ1) is 11.1. The number of hydrogen-bond donors (Lipinski definition) is 0. The third-order valence-corrected chi connectivity index (χ3v) is 4.11. The van der Waals surface area contributed by atoms with Gasteiger partial charge in [0, 0.05) is 18.5 Å². The highest BCUT2D eigenvalue weighted by Gasteiger charge is 2.34. The molecule has 2 aliphatic rings. The van der Waals surface area contributed by atoms with Gasteiger partial charge < -0.3 is 0 Å². The van der Waals surface area contributed by atoms with E-state index in [2.05, 4.69) is 25.7 Å². The topological polar surface area (TPSA) is 20.3 Å². The Morgan fingerprint density at radius 2 is 1.93 bits per heavy atom. The van der Waals surface area contributed by atoms with Crippen molar-refractivity contribution in [3.8, 4) is 0 Å². The van der Waals surface area contributed by atoms with Crippen molar-refractivity contribution in [1.82, 2.24) is 4.90 Å². The molecule has 0 aromatic heterocycles. The van der Waals surface area contributed by atoms with Crippen LogP contribution in [0.4, 0.5) is 0 Å². The van der Waals surface area contributed by atoms with Crippen molar-refractivity contribution in [2.45, 2.75) is 46.1 Å². The van der Waals surface area contributed by atoms with Crippen LogP contribution in [-0.4, -0.2) is 29.8 Å². The highest BCUT2D eigenvalue weighted by atomic mass is 16.1. The minimum atomic E-state index is 0.421. The summed E-state index contributed by atoms with van der Waals surface area (Å²) in [5.74, 6) is 2.40. The van der Waals surface area contributed by atoms with E-state index in [0.29, 0.717) is 24.3 Å². The molecule has 1 saturated heterocycles. The Morgan fingerprint density at radius 3 is 2.53 bits per heavy atom. The van der Waals surface area contributed by atoms with E-state index in [4.69, 9.17) is 0 Å². The first-order valence-corrected chi connectivity index (χ1v) is 6.34. The van der Waals surface area contributed by atoms with Gasteiger partial charge in [0.1, 0.15) is 5.78 Å². The summed E-state index contributed by atoms with van der Waals surface area (Å²) in [6.45, 7) is 8.72. The molecule has 0 aromatic rings. The quantitative estimate of drug-likeness (QED) is 0.711. The Hall–Kier alpha value is -0.370. The summed E-state index contributed by atoms with van der Waals surface area (Å²) in [6.07, 6.45) is 3.60. The molecule has 3 atom stereocenters. The van der Waals surface area contributed by atoms with Crippen molar-refractivity contribution in [3.63, 3.8) is 0 Å². The lowest BCUT2D eigenvalue weighted by Gasteiger charge is -2.40. The third kappa shape index (κ3) is 2.60. The van der Waals surface area contributed by atoms with Crippen LogP contribution >= 0.6 is 0 Å². The summed E-state index contributed by atoms with van der Waals surface area (Å²) in [4.78, 5) is 14.2. The van der Waals surface area contributed by atoms with Crippen LogP contribution in [0, 0.1) is 17.8 Å². The largest absolute Gasteiger partial charge is 0.298 e. The van der Waals surface area contributed by atoms with Gasteiger partial charge in [-0.05, 0) is 38.0 Å². The monoisotopic (exact) mass is 209 g/mol. The maximum Gasteiger partial charge on any atom is 0.149 e. The Morgan fingerprint density at radius 1 is 1.27 bits per heavy atom. The molecule has 0 N–H and O–H groups in total. The predicted octanol–water partition coefficient (Wildman–Crippen LogP) is 2.33. The molecule has 1 aliphatic heterocycles. The Balaban J connectivity index is 1.90. The van der Waals surface area contributed by atoms with E-state index in [1.807, 2.05) is 0 Å². The van der Waals surface area contributed by atoms with E-state index < -0.39 is 0 Å². The Bertz CT molecular complexity index is 247. The zero-order valence-corrected chi connectivity index (χ0v) is 10.2. The molecular formula is C13H23NO. The molecule has 86 valence electrons. The van der Waals surface area contributed by atoms with Crippen molar-refractivity contribution in [1.29, 1.82) is 0 Å². The smallest absolute Gasteiger partial charge is 0.149 e. The number of Topliss-reactive ketones (excluding diaryl/α,β-unsaturated/α-hetero) is 1. The van der Waals surface area contributed by atoms with Gasteiger partial charge in [0.05, 0.1) is 6.54 Å². The SMILES string of the molecule is CC1CC(C)C(C)N(CC(=O)C2CC2)C1. The second-order valence-electron chi connectivity index (χ2n) is 5.73. The lowest BCUT2D eigenvalue weighted by Crippen LogP contribution is -2.48. The molecule has 1 aliphatic carbocycles. The number of carbonyl (C=O) groups excluding carboxylic acids is 1. The average Bonchev–Trinajstić information content (AvgIpc) is 2.96. The standard InChI is InChI=1S/C13H23NO/c1-9-6-10(2)11(3)14(7-9)8-13(15)12-4-5-12/h9-12H,4-8H2,1-3H3. The molecule has 2 nitrogen and oxygen atoms in total. The van der Waals surface area contributed by atoms with Crippen molar-refractivity contribution < 1.29 is 4.79 Å². The number of carbonyl (C=O) groups is 1. The molecule has 15 heavy (non-hydrogen) atoms. The number of hydrogen-bond acceptors (Lipinski definition) is 2. The third-order valence-electron chi connectivity index (χ3n) is 4.11. The van der Waals surface area contributed by atoms with E-state index in [-0.39, 0.29) is 0 Å². The Labute approximate surface area is 93.0 Å². The summed E-state index contributed by atoms with van der Waals surface area (Å²) in [7, 11) is 0. The summed E-state index contributed by atoms with van der Waals surface area (Å²) in [5.41, 5.74) is 0. The zero-order valence-electron chi connectivity index (χ0n) is 10.2. The van der Waals surface area contributed by atoms with Crippen LogP contribution in [0.3, 0.4) is 0 Å². The first-order chi connectivity index (χ1) is 7.08. The number of rotatable bonds is 3. The summed E-state index contributed by atoms with van der Waals surface area (Å²) >= 11 is 0. The van der Waals surface area contributed by atoms with Crippen molar-refractivity contribution in [2.24, 2.45) is 17.8 Å². The molecule has 2 fully saturated rings. The highest BCUT2D eigenvalue weighted by Crippen LogP contribution is 2.32. The molecule has 0 spiro atoms. The number of likely N-dealkylation sites (tertiary alicyclic amines) is 1. The lowest BCUT2D eigenvalue weighted by molar-refractivity contribution is -0.122. The fourth-order valence-corrected chi connectivity index (χ4v) is 2.78. The van der Waals surface area contributed by atoms with Gasteiger partial charge >= 0.3 is 0 Å². The molecule has 0 aromatic carbocycles. The normalized spacial score (nSPS) is 37.9. The van der Waals surface area contributed by atoms with Crippen molar-refractivity contribution in [2.75, 3.05) is 13.1 Å². The molecule has 2 rings (SSSR count). The van der Waals surface area contributed by atoms with E-state index in [9.17, 15) is 4.79 Å². The zero-order chi connectivity index (χ0) is 11.0. The van der Waals surface area contributed by atoms with Crippen molar-refractivity contribution in [3.05, 3.63) is 0 Å². The highest BCUT2D eigenvalue weighted by molar-refractivity contribution is 5.85. The predicted molar refractivity (Wildman–Crippen MR) is 61.7 cm³/mol. The van der Waals surface area contributed by atoms with E-state index in [0.717, 1.165) is 31.2 Å².